The average Bonchev–Trinajstić information content (AvgIpc) is 3.20. The molecule has 0 aliphatic carbocycles. The standard InChI is InChI=1S/C21H25F6N5O6P2S/c1-2-7-37-13-4-3-5-14(9-13)41-17-15-16(30-18(28)31-17)32(12-29-15)6-8-38-19(39(33,34)10-20(22,23)24)40(35,36)11-21(25,26)27/h3-5,9,12,19H,2,6-8,10-11H2,1H3,(H,33,34)(H,35,36)(H2,28,30,31). The minimum Gasteiger partial charge on any atom is -0.494 e. The van der Waals surface area contributed by atoms with Gasteiger partial charge in [-0.25, -0.2) is 9.97 Å². The monoisotopic (exact) mass is 651 g/mol. The molecule has 20 heteroatoms. The smallest absolute Gasteiger partial charge is 0.398 e. The van der Waals surface area contributed by atoms with E-state index in [1.807, 2.05) is 6.92 Å². The van der Waals surface area contributed by atoms with Crippen molar-refractivity contribution in [1.82, 2.24) is 19.5 Å². The zero-order valence-corrected chi connectivity index (χ0v) is 23.8. The summed E-state index contributed by atoms with van der Waals surface area (Å²) in [4.78, 5) is 32.9. The van der Waals surface area contributed by atoms with Crippen LogP contribution in [0.25, 0.3) is 11.2 Å². The van der Waals surface area contributed by atoms with E-state index in [2.05, 4.69) is 15.0 Å². The molecule has 2 heterocycles. The molecule has 0 saturated heterocycles. The van der Waals surface area contributed by atoms with E-state index in [9.17, 15) is 45.3 Å². The Morgan fingerprint density at radius 2 is 1.68 bits per heavy atom. The predicted molar refractivity (Wildman–Crippen MR) is 137 cm³/mol. The minimum atomic E-state index is -5.80. The van der Waals surface area contributed by atoms with Crippen LogP contribution in [0.15, 0.2) is 40.5 Å². The van der Waals surface area contributed by atoms with Gasteiger partial charge >= 0.3 is 12.4 Å². The van der Waals surface area contributed by atoms with Gasteiger partial charge in [0.2, 0.25) is 26.3 Å². The second-order valence-corrected chi connectivity index (χ2v) is 14.7. The Bertz CT molecular complexity index is 1420. The fraction of sp³-hybridized carbons (Fsp3) is 0.476. The highest BCUT2D eigenvalue weighted by molar-refractivity contribution is 7.99. The van der Waals surface area contributed by atoms with E-state index in [0.29, 0.717) is 22.3 Å². The molecule has 0 aliphatic rings. The maximum atomic E-state index is 12.8. The highest BCUT2D eigenvalue weighted by atomic mass is 32.2. The number of hydrogen-bond acceptors (Lipinski definition) is 9. The zero-order valence-electron chi connectivity index (χ0n) is 21.2. The molecular formula is C21H25F6N5O6P2S. The van der Waals surface area contributed by atoms with Crippen molar-refractivity contribution in [2.24, 2.45) is 0 Å². The van der Waals surface area contributed by atoms with Crippen molar-refractivity contribution >= 4 is 43.6 Å². The number of halogens is 6. The Hall–Kier alpha value is -2.36. The topological polar surface area (TPSA) is 163 Å². The Morgan fingerprint density at radius 3 is 2.27 bits per heavy atom. The molecule has 3 aromatic rings. The van der Waals surface area contributed by atoms with Gasteiger partial charge in [0.25, 0.3) is 0 Å². The number of benzene rings is 1. The number of ether oxygens (including phenoxy) is 2. The summed E-state index contributed by atoms with van der Waals surface area (Å²) in [6.45, 7) is 1.22. The van der Waals surface area contributed by atoms with Gasteiger partial charge in [0, 0.05) is 11.4 Å². The molecule has 0 spiro atoms. The number of nitrogens with two attached hydrogens (primary N) is 1. The molecule has 2 aromatic heterocycles. The lowest BCUT2D eigenvalue weighted by atomic mass is 10.3. The summed E-state index contributed by atoms with van der Waals surface area (Å²) >= 11 is 1.17. The first-order chi connectivity index (χ1) is 18.9. The molecule has 41 heavy (non-hydrogen) atoms. The molecule has 0 radical (unpaired) electrons. The van der Waals surface area contributed by atoms with Crippen molar-refractivity contribution in [3.63, 3.8) is 0 Å². The van der Waals surface area contributed by atoms with Crippen molar-refractivity contribution in [3.05, 3.63) is 30.6 Å². The summed E-state index contributed by atoms with van der Waals surface area (Å²) in [6.07, 6.45) is -13.7. The van der Waals surface area contributed by atoms with Crippen molar-refractivity contribution in [2.45, 2.75) is 47.7 Å². The molecule has 0 aliphatic heterocycles. The fourth-order valence-electron chi connectivity index (χ4n) is 3.57. The van der Waals surface area contributed by atoms with Gasteiger partial charge in [0.1, 0.15) is 28.6 Å². The molecule has 0 saturated carbocycles. The van der Waals surface area contributed by atoms with E-state index >= 15 is 0 Å². The maximum absolute atomic E-state index is 12.8. The van der Waals surface area contributed by atoms with Crippen molar-refractivity contribution < 1.29 is 54.7 Å². The number of nitrogens with zero attached hydrogens (tertiary/aromatic N) is 4. The lowest BCUT2D eigenvalue weighted by molar-refractivity contribution is -0.108. The van der Waals surface area contributed by atoms with Gasteiger partial charge in [-0.2, -0.15) is 31.3 Å². The molecule has 11 nitrogen and oxygen atoms in total. The lowest BCUT2D eigenvalue weighted by Gasteiger charge is -2.28. The summed E-state index contributed by atoms with van der Waals surface area (Å²) in [5.41, 5.74) is 3.02. The third-order valence-electron chi connectivity index (χ3n) is 5.04. The molecule has 0 amide bonds. The Balaban J connectivity index is 1.84. The normalized spacial score (nSPS) is 16.3. The third kappa shape index (κ3) is 9.58. The van der Waals surface area contributed by atoms with E-state index in [4.69, 9.17) is 15.2 Å². The number of rotatable bonds is 13. The van der Waals surface area contributed by atoms with Crippen molar-refractivity contribution in [2.75, 3.05) is 31.3 Å². The number of aromatic nitrogens is 4. The van der Waals surface area contributed by atoms with Crippen LogP contribution < -0.4 is 10.5 Å². The number of anilines is 1. The van der Waals surface area contributed by atoms with Crippen LogP contribution in [0.1, 0.15) is 13.3 Å². The van der Waals surface area contributed by atoms with Gasteiger partial charge < -0.3 is 29.6 Å². The van der Waals surface area contributed by atoms with E-state index in [1.165, 1.54) is 22.7 Å². The number of imidazole rings is 1. The van der Waals surface area contributed by atoms with Crippen LogP contribution in [-0.4, -0.2) is 72.8 Å². The zero-order chi connectivity index (χ0) is 30.6. The van der Waals surface area contributed by atoms with E-state index < -0.39 is 58.2 Å². The fourth-order valence-corrected chi connectivity index (χ4v) is 9.26. The van der Waals surface area contributed by atoms with Crippen molar-refractivity contribution in [1.29, 1.82) is 0 Å². The number of nitrogen functional groups attached to an aromatic ring is 1. The van der Waals surface area contributed by atoms with Crippen LogP contribution in [0.2, 0.25) is 0 Å². The molecule has 228 valence electrons. The van der Waals surface area contributed by atoms with Gasteiger partial charge in [-0.1, -0.05) is 24.8 Å². The number of fused-ring (bicyclic) bond motifs is 1. The molecule has 0 fully saturated rings. The highest BCUT2D eigenvalue weighted by Gasteiger charge is 2.54. The van der Waals surface area contributed by atoms with Crippen LogP contribution >= 0.6 is 26.5 Å². The molecule has 2 atom stereocenters. The highest BCUT2D eigenvalue weighted by Crippen LogP contribution is 2.67. The van der Waals surface area contributed by atoms with Crippen LogP contribution in [0, 0.1) is 0 Å². The van der Waals surface area contributed by atoms with E-state index in [-0.39, 0.29) is 17.1 Å². The Kier molecular flexibility index (Phi) is 10.4. The second-order valence-electron chi connectivity index (χ2n) is 8.68. The average molecular weight is 651 g/mol. The van der Waals surface area contributed by atoms with Gasteiger partial charge in [-0.05, 0) is 24.6 Å². The summed E-state index contributed by atoms with van der Waals surface area (Å²) in [6, 6.07) is 7.07. The van der Waals surface area contributed by atoms with Crippen LogP contribution in [0.5, 0.6) is 5.75 Å². The molecule has 3 rings (SSSR count). The first-order valence-corrected chi connectivity index (χ1v) is 16.3. The first-order valence-electron chi connectivity index (χ1n) is 11.7. The van der Waals surface area contributed by atoms with Crippen molar-refractivity contribution in [3.8, 4) is 5.75 Å². The Labute approximate surface area is 233 Å². The summed E-state index contributed by atoms with van der Waals surface area (Å²) in [5.74, 6) is 0.430. The number of alkyl halides is 6. The van der Waals surface area contributed by atoms with Crippen LogP contribution in [0.4, 0.5) is 32.3 Å². The first kappa shape index (κ1) is 33.1. The molecule has 0 bridgehead atoms. The molecule has 1 aromatic carbocycles. The lowest BCUT2D eigenvalue weighted by Crippen LogP contribution is -2.27. The molecule has 2 unspecified atom stereocenters. The quantitative estimate of drug-likeness (QED) is 0.125. The SMILES string of the molecule is CCCOc1cccc(Sc2nc(N)nc3c2ncn3CCOC(P(=O)(O)CC(F)(F)F)P(=O)(O)CC(F)(F)F)c1. The van der Waals surface area contributed by atoms with E-state index in [0.717, 1.165) is 6.42 Å². The third-order valence-corrected chi connectivity index (χ3v) is 11.5. The Morgan fingerprint density at radius 1 is 1.05 bits per heavy atom. The van der Waals surface area contributed by atoms with Gasteiger partial charge in [0.05, 0.1) is 19.5 Å². The number of hydrogen-bond donors (Lipinski definition) is 3. The summed E-state index contributed by atoms with van der Waals surface area (Å²) in [5, 5.41) is 0.313. The minimum absolute atomic E-state index is 0.100. The van der Waals surface area contributed by atoms with Gasteiger partial charge in [-0.3, -0.25) is 9.13 Å². The van der Waals surface area contributed by atoms with Gasteiger partial charge in [-0.15, -0.1) is 0 Å². The largest absolute Gasteiger partial charge is 0.494 e. The predicted octanol–water partition coefficient (Wildman–Crippen LogP) is 5.31. The van der Waals surface area contributed by atoms with Crippen LogP contribution in [-0.2, 0) is 20.4 Å². The molecular weight excluding hydrogens is 626 g/mol. The van der Waals surface area contributed by atoms with E-state index in [1.54, 1.807) is 24.3 Å². The molecule has 4 N–H and O–H groups in total. The summed E-state index contributed by atoms with van der Waals surface area (Å²) in [7, 11) is -11.6. The van der Waals surface area contributed by atoms with Crippen LogP contribution in [0.3, 0.4) is 0 Å². The summed E-state index contributed by atoms with van der Waals surface area (Å²) < 4.78 is 113. The maximum Gasteiger partial charge on any atom is 0.398 e. The second kappa shape index (κ2) is 12.9. The van der Waals surface area contributed by atoms with Gasteiger partial charge in [0.15, 0.2) is 5.65 Å².